The molecule has 5 rings (SSSR count). The van der Waals surface area contributed by atoms with Gasteiger partial charge in [-0.05, 0) is 47.1 Å². The van der Waals surface area contributed by atoms with Gasteiger partial charge in [-0.15, -0.1) is 0 Å². The molecule has 0 spiro atoms. The lowest BCUT2D eigenvalue weighted by molar-refractivity contribution is -0.123. The molecule has 1 heterocycles. The highest BCUT2D eigenvalue weighted by Gasteiger charge is 2.40. The molecule has 170 valence electrons. The fraction of sp³-hybridized carbons (Fsp3) is 0.148. The fourth-order valence-corrected chi connectivity index (χ4v) is 5.09. The van der Waals surface area contributed by atoms with Gasteiger partial charge in [0.25, 0.3) is 5.91 Å². The molecule has 0 fully saturated rings. The molecule has 3 aromatic carbocycles. The standard InChI is InChI=1S/C27H21ClFN3O2/c28-18-12-21-20(23(29)13-18)10-11-24(21)32(25(26(30)33)16-6-2-1-3-7-16)27(34)22-15-31-14-17-8-4-5-9-19(17)22/h1-9,12-15,24-25H,10-11H2,(H2,30,33)/t24-,25-/m1/s1. The van der Waals surface area contributed by atoms with Crippen molar-refractivity contribution in [3.63, 3.8) is 0 Å². The number of primary amides is 1. The van der Waals surface area contributed by atoms with Crippen molar-refractivity contribution in [2.45, 2.75) is 24.9 Å². The molecule has 34 heavy (non-hydrogen) atoms. The van der Waals surface area contributed by atoms with E-state index >= 15 is 0 Å². The van der Waals surface area contributed by atoms with Gasteiger partial charge in [-0.25, -0.2) is 4.39 Å². The fourth-order valence-electron chi connectivity index (χ4n) is 4.87. The van der Waals surface area contributed by atoms with E-state index in [-0.39, 0.29) is 5.02 Å². The number of hydrogen-bond donors (Lipinski definition) is 1. The number of nitrogens with zero attached hydrogens (tertiary/aromatic N) is 2. The SMILES string of the molecule is NC(=O)[C@@H](c1ccccc1)N(C(=O)c1cncc2ccccc12)[C@@H]1CCc2c(F)cc(Cl)cc21. The van der Waals surface area contributed by atoms with E-state index in [0.29, 0.717) is 40.5 Å². The first-order chi connectivity index (χ1) is 16.5. The number of hydrogen-bond acceptors (Lipinski definition) is 3. The highest BCUT2D eigenvalue weighted by atomic mass is 35.5. The van der Waals surface area contributed by atoms with Crippen LogP contribution in [-0.4, -0.2) is 21.7 Å². The van der Waals surface area contributed by atoms with Gasteiger partial charge in [-0.2, -0.15) is 0 Å². The second-order valence-corrected chi connectivity index (χ2v) is 8.78. The van der Waals surface area contributed by atoms with Gasteiger partial charge in [-0.1, -0.05) is 66.2 Å². The average molecular weight is 474 g/mol. The number of pyridine rings is 1. The molecule has 2 amide bonds. The van der Waals surface area contributed by atoms with Crippen molar-refractivity contribution < 1.29 is 14.0 Å². The Morgan fingerprint density at radius 2 is 1.79 bits per heavy atom. The van der Waals surface area contributed by atoms with Crippen molar-refractivity contribution in [3.8, 4) is 0 Å². The first-order valence-corrected chi connectivity index (χ1v) is 11.3. The van der Waals surface area contributed by atoms with E-state index in [1.165, 1.54) is 17.2 Å². The summed E-state index contributed by atoms with van der Waals surface area (Å²) in [6.45, 7) is 0. The van der Waals surface area contributed by atoms with Crippen LogP contribution in [-0.2, 0) is 11.2 Å². The van der Waals surface area contributed by atoms with E-state index in [2.05, 4.69) is 4.98 Å². The number of carbonyl (C=O) groups is 2. The molecule has 0 radical (unpaired) electrons. The summed E-state index contributed by atoms with van der Waals surface area (Å²) in [4.78, 5) is 32.8. The van der Waals surface area contributed by atoms with Crippen LogP contribution in [0.4, 0.5) is 4.39 Å². The second-order valence-electron chi connectivity index (χ2n) is 8.35. The number of rotatable bonds is 5. The summed E-state index contributed by atoms with van der Waals surface area (Å²) in [5, 5.41) is 1.74. The van der Waals surface area contributed by atoms with Crippen molar-refractivity contribution in [1.82, 2.24) is 9.88 Å². The smallest absolute Gasteiger partial charge is 0.257 e. The lowest BCUT2D eigenvalue weighted by atomic mass is 9.97. The minimum absolute atomic E-state index is 0.234. The Hall–Kier alpha value is -3.77. The van der Waals surface area contributed by atoms with Crippen molar-refractivity contribution in [3.05, 3.63) is 112 Å². The Bertz CT molecular complexity index is 1400. The molecule has 1 aliphatic rings. The van der Waals surface area contributed by atoms with E-state index in [0.717, 1.165) is 5.39 Å². The molecule has 2 atom stereocenters. The van der Waals surface area contributed by atoms with Crippen LogP contribution in [0.2, 0.25) is 5.02 Å². The number of halogens is 2. The lowest BCUT2D eigenvalue weighted by Gasteiger charge is -2.36. The normalized spacial score (nSPS) is 15.6. The summed E-state index contributed by atoms with van der Waals surface area (Å²) in [6, 6.07) is 17.6. The minimum atomic E-state index is -1.06. The molecule has 0 bridgehead atoms. The Morgan fingerprint density at radius 3 is 2.56 bits per heavy atom. The highest BCUT2D eigenvalue weighted by Crippen LogP contribution is 2.43. The Morgan fingerprint density at radius 1 is 1.06 bits per heavy atom. The molecule has 5 nitrogen and oxygen atoms in total. The third-order valence-corrected chi connectivity index (χ3v) is 6.57. The van der Waals surface area contributed by atoms with Gasteiger partial charge in [0.15, 0.2) is 0 Å². The second kappa shape index (κ2) is 8.88. The first-order valence-electron chi connectivity index (χ1n) is 10.9. The maximum absolute atomic E-state index is 14.7. The topological polar surface area (TPSA) is 76.3 Å². The Balaban J connectivity index is 1.72. The van der Waals surface area contributed by atoms with E-state index in [9.17, 15) is 14.0 Å². The van der Waals surface area contributed by atoms with E-state index in [4.69, 9.17) is 17.3 Å². The van der Waals surface area contributed by atoms with E-state index < -0.39 is 29.7 Å². The van der Waals surface area contributed by atoms with Gasteiger partial charge < -0.3 is 10.6 Å². The van der Waals surface area contributed by atoms with Crippen LogP contribution in [0.1, 0.15) is 45.6 Å². The zero-order chi connectivity index (χ0) is 23.8. The quantitative estimate of drug-likeness (QED) is 0.422. The molecule has 2 N–H and O–H groups in total. The zero-order valence-electron chi connectivity index (χ0n) is 18.1. The summed E-state index contributed by atoms with van der Waals surface area (Å²) in [5.74, 6) is -1.50. The summed E-state index contributed by atoms with van der Waals surface area (Å²) in [6.07, 6.45) is 4.03. The highest BCUT2D eigenvalue weighted by molar-refractivity contribution is 6.30. The Kier molecular flexibility index (Phi) is 5.75. The van der Waals surface area contributed by atoms with Gasteiger partial charge in [0, 0.05) is 22.8 Å². The van der Waals surface area contributed by atoms with Gasteiger partial charge in [0.1, 0.15) is 11.9 Å². The number of amides is 2. The first kappa shape index (κ1) is 22.0. The van der Waals surface area contributed by atoms with Crippen LogP contribution in [0, 0.1) is 5.82 Å². The van der Waals surface area contributed by atoms with Crippen LogP contribution in [0.25, 0.3) is 10.8 Å². The van der Waals surface area contributed by atoms with Gasteiger partial charge in [0.05, 0.1) is 11.6 Å². The summed E-state index contributed by atoms with van der Waals surface area (Å²) in [7, 11) is 0. The van der Waals surface area contributed by atoms with Gasteiger partial charge in [-0.3, -0.25) is 14.6 Å². The maximum Gasteiger partial charge on any atom is 0.257 e. The molecule has 1 aliphatic carbocycles. The van der Waals surface area contributed by atoms with E-state index in [1.807, 2.05) is 30.3 Å². The maximum atomic E-state index is 14.7. The van der Waals surface area contributed by atoms with Crippen LogP contribution in [0.5, 0.6) is 0 Å². The van der Waals surface area contributed by atoms with Crippen molar-refractivity contribution in [2.24, 2.45) is 5.73 Å². The van der Waals surface area contributed by atoms with Gasteiger partial charge >= 0.3 is 0 Å². The number of benzene rings is 3. The largest absolute Gasteiger partial charge is 0.368 e. The molecule has 0 aliphatic heterocycles. The van der Waals surface area contributed by atoms with Crippen LogP contribution < -0.4 is 5.73 Å². The number of aromatic nitrogens is 1. The van der Waals surface area contributed by atoms with Crippen LogP contribution in [0.15, 0.2) is 79.1 Å². The Labute approximate surface area is 201 Å². The molecule has 4 aromatic rings. The van der Waals surface area contributed by atoms with Crippen molar-refractivity contribution in [1.29, 1.82) is 0 Å². The number of fused-ring (bicyclic) bond motifs is 2. The van der Waals surface area contributed by atoms with Crippen molar-refractivity contribution >= 4 is 34.2 Å². The number of carbonyl (C=O) groups excluding carboxylic acids is 2. The third kappa shape index (κ3) is 3.80. The predicted molar refractivity (Wildman–Crippen MR) is 129 cm³/mol. The number of nitrogens with two attached hydrogens (primary N) is 1. The zero-order valence-corrected chi connectivity index (χ0v) is 18.9. The molecule has 0 saturated carbocycles. The predicted octanol–water partition coefficient (Wildman–Crippen LogP) is 5.38. The van der Waals surface area contributed by atoms with Crippen molar-refractivity contribution in [2.75, 3.05) is 0 Å². The molecule has 0 saturated heterocycles. The van der Waals surface area contributed by atoms with Crippen LogP contribution >= 0.6 is 11.6 Å². The summed E-state index contributed by atoms with van der Waals surface area (Å²) in [5.41, 5.74) is 7.91. The third-order valence-electron chi connectivity index (χ3n) is 6.35. The molecule has 0 unspecified atom stereocenters. The molecule has 1 aromatic heterocycles. The summed E-state index contributed by atoms with van der Waals surface area (Å²) >= 11 is 6.19. The van der Waals surface area contributed by atoms with Crippen LogP contribution in [0.3, 0.4) is 0 Å². The van der Waals surface area contributed by atoms with E-state index in [1.54, 1.807) is 36.5 Å². The average Bonchev–Trinajstić information content (AvgIpc) is 3.25. The lowest BCUT2D eigenvalue weighted by Crippen LogP contribution is -2.43. The molecule has 7 heteroatoms. The summed E-state index contributed by atoms with van der Waals surface area (Å²) < 4.78 is 14.7. The minimum Gasteiger partial charge on any atom is -0.368 e. The van der Waals surface area contributed by atoms with Gasteiger partial charge in [0.2, 0.25) is 5.91 Å². The monoisotopic (exact) mass is 473 g/mol. The molecular formula is C27H21ClFN3O2. The molecular weight excluding hydrogens is 453 g/mol.